The number of unbranched alkanes of at least 4 members (excludes halogenated alkanes) is 6. The van der Waals surface area contributed by atoms with Gasteiger partial charge in [-0.25, -0.2) is 9.07 Å². The fourth-order valence-electron chi connectivity index (χ4n) is 4.21. The van der Waals surface area contributed by atoms with Gasteiger partial charge in [0.15, 0.2) is 0 Å². The minimum Gasteiger partial charge on any atom is -0.333 e. The Kier molecular flexibility index (Phi) is 11.3. The molecule has 0 saturated carbocycles. The zero-order chi connectivity index (χ0) is 26.5. The average Bonchev–Trinajstić information content (AvgIpc) is 3.32. The Morgan fingerprint density at radius 3 is 2.27 bits per heavy atom. The number of hydrogen-bond donors (Lipinski definition) is 1. The van der Waals surface area contributed by atoms with Crippen LogP contribution in [-0.2, 0) is 9.59 Å². The van der Waals surface area contributed by atoms with E-state index >= 15 is 0 Å². The number of nitrogens with zero attached hydrogens (tertiary/aromatic N) is 3. The summed E-state index contributed by atoms with van der Waals surface area (Å²) in [5.41, 5.74) is 2.21. The summed E-state index contributed by atoms with van der Waals surface area (Å²) >= 11 is 0. The molecule has 2 amide bonds. The number of rotatable bonds is 15. The van der Waals surface area contributed by atoms with Crippen LogP contribution in [0.15, 0.2) is 60.7 Å². The molecule has 0 atom stereocenters. The molecular formula is C30H39FN4O2. The summed E-state index contributed by atoms with van der Waals surface area (Å²) < 4.78 is 15.1. The molecule has 0 bridgehead atoms. The Morgan fingerprint density at radius 1 is 0.892 bits per heavy atom. The standard InChI is InChI=1S/C30H39FN4O2/c1-3-5-7-8-9-13-16-30(37)34(21-6-4-2)23-29(36)32-28-22-27(24-14-11-10-12-15-24)33-35(28)26-19-17-25(31)18-20-26/h10-12,14-15,17-20,22H,3-9,13,16,21,23H2,1-2H3,(H,32,36). The van der Waals surface area contributed by atoms with Crippen molar-refractivity contribution < 1.29 is 14.0 Å². The number of halogens is 1. The Morgan fingerprint density at radius 2 is 1.57 bits per heavy atom. The van der Waals surface area contributed by atoms with Crippen LogP contribution in [0.5, 0.6) is 0 Å². The lowest BCUT2D eigenvalue weighted by atomic mass is 10.1. The smallest absolute Gasteiger partial charge is 0.245 e. The molecular weight excluding hydrogens is 467 g/mol. The van der Waals surface area contributed by atoms with Crippen LogP contribution in [0.4, 0.5) is 10.2 Å². The number of benzene rings is 2. The van der Waals surface area contributed by atoms with Crippen molar-refractivity contribution >= 4 is 17.6 Å². The second-order valence-corrected chi connectivity index (χ2v) is 9.40. The zero-order valence-electron chi connectivity index (χ0n) is 22.1. The lowest BCUT2D eigenvalue weighted by Crippen LogP contribution is -2.38. The topological polar surface area (TPSA) is 67.2 Å². The second-order valence-electron chi connectivity index (χ2n) is 9.40. The van der Waals surface area contributed by atoms with Gasteiger partial charge < -0.3 is 10.2 Å². The number of nitrogens with one attached hydrogen (secondary N) is 1. The zero-order valence-corrected chi connectivity index (χ0v) is 22.1. The van der Waals surface area contributed by atoms with Gasteiger partial charge in [-0.15, -0.1) is 0 Å². The van der Waals surface area contributed by atoms with Crippen molar-refractivity contribution in [1.29, 1.82) is 0 Å². The summed E-state index contributed by atoms with van der Waals surface area (Å²) in [5, 5.41) is 7.61. The van der Waals surface area contributed by atoms with Crippen molar-refractivity contribution in [2.45, 2.75) is 71.6 Å². The minimum atomic E-state index is -0.347. The highest BCUT2D eigenvalue weighted by atomic mass is 19.1. The number of hydrogen-bond acceptors (Lipinski definition) is 3. The molecule has 0 radical (unpaired) electrons. The molecule has 0 spiro atoms. The van der Waals surface area contributed by atoms with Crippen LogP contribution in [0.1, 0.15) is 71.6 Å². The summed E-state index contributed by atoms with van der Waals surface area (Å²) in [4.78, 5) is 27.7. The van der Waals surface area contributed by atoms with Gasteiger partial charge in [-0.05, 0) is 37.1 Å². The van der Waals surface area contributed by atoms with Gasteiger partial charge >= 0.3 is 0 Å². The monoisotopic (exact) mass is 506 g/mol. The van der Waals surface area contributed by atoms with E-state index < -0.39 is 0 Å². The molecule has 0 aliphatic carbocycles. The fourth-order valence-corrected chi connectivity index (χ4v) is 4.21. The number of aromatic nitrogens is 2. The quantitative estimate of drug-likeness (QED) is 0.226. The maximum absolute atomic E-state index is 13.5. The largest absolute Gasteiger partial charge is 0.333 e. The molecule has 0 aliphatic rings. The Hall–Kier alpha value is -3.48. The molecule has 3 aromatic rings. The highest BCUT2D eigenvalue weighted by Gasteiger charge is 2.19. The Labute approximate surface area is 219 Å². The molecule has 7 heteroatoms. The van der Waals surface area contributed by atoms with Gasteiger partial charge in [-0.2, -0.15) is 5.10 Å². The van der Waals surface area contributed by atoms with E-state index in [2.05, 4.69) is 24.3 Å². The fraction of sp³-hybridized carbons (Fsp3) is 0.433. The van der Waals surface area contributed by atoms with Gasteiger partial charge in [0.05, 0.1) is 17.9 Å². The third kappa shape index (κ3) is 8.85. The Bertz CT molecular complexity index is 1110. The van der Waals surface area contributed by atoms with Gasteiger partial charge in [0.1, 0.15) is 11.6 Å². The van der Waals surface area contributed by atoms with Gasteiger partial charge in [0.2, 0.25) is 11.8 Å². The first-order valence-corrected chi connectivity index (χ1v) is 13.5. The number of anilines is 1. The molecule has 0 saturated heterocycles. The summed E-state index contributed by atoms with van der Waals surface area (Å²) in [6.07, 6.45) is 8.94. The van der Waals surface area contributed by atoms with E-state index in [-0.39, 0.29) is 24.2 Å². The van der Waals surface area contributed by atoms with Crippen molar-refractivity contribution in [3.8, 4) is 16.9 Å². The first-order valence-electron chi connectivity index (χ1n) is 13.5. The molecule has 198 valence electrons. The third-order valence-electron chi connectivity index (χ3n) is 6.33. The van der Waals surface area contributed by atoms with Crippen LogP contribution in [0.2, 0.25) is 0 Å². The molecule has 0 fully saturated rings. The molecule has 3 rings (SSSR count). The van der Waals surface area contributed by atoms with Crippen LogP contribution in [0.3, 0.4) is 0 Å². The number of carbonyl (C=O) groups is 2. The number of carbonyl (C=O) groups excluding carboxylic acids is 2. The molecule has 0 unspecified atom stereocenters. The minimum absolute atomic E-state index is 0.00998. The average molecular weight is 507 g/mol. The van der Waals surface area contributed by atoms with Gasteiger partial charge in [-0.3, -0.25) is 9.59 Å². The second kappa shape index (κ2) is 14.9. The molecule has 6 nitrogen and oxygen atoms in total. The molecule has 37 heavy (non-hydrogen) atoms. The highest BCUT2D eigenvalue weighted by Crippen LogP contribution is 2.25. The Balaban J connectivity index is 1.71. The van der Waals surface area contributed by atoms with E-state index in [0.29, 0.717) is 30.2 Å². The van der Waals surface area contributed by atoms with Crippen molar-refractivity contribution in [2.24, 2.45) is 0 Å². The maximum Gasteiger partial charge on any atom is 0.245 e. The van der Waals surface area contributed by atoms with Crippen LogP contribution in [-0.4, -0.2) is 39.6 Å². The predicted molar refractivity (Wildman–Crippen MR) is 147 cm³/mol. The van der Waals surface area contributed by atoms with E-state index in [1.54, 1.807) is 27.8 Å². The van der Waals surface area contributed by atoms with Gasteiger partial charge in [0, 0.05) is 24.6 Å². The van der Waals surface area contributed by atoms with Crippen LogP contribution in [0, 0.1) is 5.82 Å². The molecule has 1 N–H and O–H groups in total. The predicted octanol–water partition coefficient (Wildman–Crippen LogP) is 7.00. The lowest BCUT2D eigenvalue weighted by Gasteiger charge is -2.22. The van der Waals surface area contributed by atoms with E-state index in [0.717, 1.165) is 37.7 Å². The first kappa shape index (κ1) is 28.1. The number of amides is 2. The highest BCUT2D eigenvalue weighted by molar-refractivity contribution is 5.94. The summed E-state index contributed by atoms with van der Waals surface area (Å²) in [6.45, 7) is 4.81. The molecule has 1 heterocycles. The normalized spacial score (nSPS) is 10.9. The lowest BCUT2D eigenvalue weighted by molar-refractivity contribution is -0.134. The summed E-state index contributed by atoms with van der Waals surface area (Å²) in [6, 6.07) is 17.4. The van der Waals surface area contributed by atoms with Crippen molar-refractivity contribution in [2.75, 3.05) is 18.4 Å². The van der Waals surface area contributed by atoms with E-state index in [4.69, 9.17) is 0 Å². The van der Waals surface area contributed by atoms with E-state index in [1.165, 1.54) is 31.4 Å². The van der Waals surface area contributed by atoms with E-state index in [9.17, 15) is 14.0 Å². The van der Waals surface area contributed by atoms with Crippen LogP contribution < -0.4 is 5.32 Å². The van der Waals surface area contributed by atoms with E-state index in [1.807, 2.05) is 30.3 Å². The summed E-state index contributed by atoms with van der Waals surface area (Å²) in [5.74, 6) is -0.138. The first-order chi connectivity index (χ1) is 18.0. The SMILES string of the molecule is CCCCCCCCC(=O)N(CCCC)CC(=O)Nc1cc(-c2ccccc2)nn1-c1ccc(F)cc1. The van der Waals surface area contributed by atoms with Crippen molar-refractivity contribution in [1.82, 2.24) is 14.7 Å². The maximum atomic E-state index is 13.5. The van der Waals surface area contributed by atoms with Gasteiger partial charge in [-0.1, -0.05) is 82.7 Å². The third-order valence-corrected chi connectivity index (χ3v) is 6.33. The van der Waals surface area contributed by atoms with Crippen molar-refractivity contribution in [3.05, 3.63) is 66.5 Å². The summed E-state index contributed by atoms with van der Waals surface area (Å²) in [7, 11) is 0. The van der Waals surface area contributed by atoms with Crippen LogP contribution in [0.25, 0.3) is 16.9 Å². The van der Waals surface area contributed by atoms with Crippen molar-refractivity contribution in [3.63, 3.8) is 0 Å². The molecule has 1 aromatic heterocycles. The van der Waals surface area contributed by atoms with Crippen LogP contribution >= 0.6 is 0 Å². The molecule has 0 aliphatic heterocycles. The van der Waals surface area contributed by atoms with Gasteiger partial charge in [0.25, 0.3) is 0 Å². The molecule has 2 aromatic carbocycles.